The van der Waals surface area contributed by atoms with Gasteiger partial charge in [-0.2, -0.15) is 0 Å². The van der Waals surface area contributed by atoms with Crippen LogP contribution in [0.4, 0.5) is 8.78 Å². The molecule has 0 atom stereocenters. The van der Waals surface area contributed by atoms with Crippen LogP contribution in [-0.4, -0.2) is 26.5 Å². The van der Waals surface area contributed by atoms with Gasteiger partial charge in [-0.3, -0.25) is 4.79 Å². The summed E-state index contributed by atoms with van der Waals surface area (Å²) >= 11 is 0. The fourth-order valence-corrected chi connectivity index (χ4v) is 1.34. The molecule has 1 N–H and O–H groups in total. The number of Topliss-reactive ketones (excluding diaryl/α,β-unsaturated/α-hetero) is 1. The van der Waals surface area contributed by atoms with Gasteiger partial charge in [0, 0.05) is 5.56 Å². The second-order valence-corrected chi connectivity index (χ2v) is 3.21. The smallest absolute Gasteiger partial charge is 0.263 e. The van der Waals surface area contributed by atoms with Gasteiger partial charge in [-0.1, -0.05) is 0 Å². The molecule has 0 aromatic heterocycles. The molecule has 3 nitrogen and oxygen atoms in total. The number of carbonyl (C=O) groups is 1. The Labute approximate surface area is 92.4 Å². The Hall–Kier alpha value is -1.49. The zero-order valence-corrected chi connectivity index (χ0v) is 9.09. The Morgan fingerprint density at radius 2 is 2.19 bits per heavy atom. The van der Waals surface area contributed by atoms with Crippen LogP contribution in [-0.2, 0) is 0 Å². The molecule has 0 bridgehead atoms. The number of ketones is 1. The fraction of sp³-hybridized carbons (Fsp3) is 0.364. The average Bonchev–Trinajstić information content (AvgIpc) is 2.28. The van der Waals surface area contributed by atoms with E-state index in [-0.39, 0.29) is 23.5 Å². The molecule has 0 aliphatic carbocycles. The van der Waals surface area contributed by atoms with Crippen molar-refractivity contribution in [1.82, 2.24) is 5.32 Å². The van der Waals surface area contributed by atoms with Crippen LogP contribution >= 0.6 is 0 Å². The van der Waals surface area contributed by atoms with E-state index in [1.807, 2.05) is 0 Å². The number of nitrogens with one attached hydrogen (secondary N) is 1. The van der Waals surface area contributed by atoms with Gasteiger partial charge in [0.05, 0.1) is 19.2 Å². The Kier molecular flexibility index (Phi) is 4.37. The van der Waals surface area contributed by atoms with E-state index in [1.54, 1.807) is 7.05 Å². The molecule has 0 spiro atoms. The van der Waals surface area contributed by atoms with E-state index in [0.29, 0.717) is 5.75 Å². The Morgan fingerprint density at radius 3 is 2.69 bits per heavy atom. The van der Waals surface area contributed by atoms with Gasteiger partial charge in [-0.25, -0.2) is 8.78 Å². The Bertz CT molecular complexity index is 380. The summed E-state index contributed by atoms with van der Waals surface area (Å²) in [4.78, 5) is 11.6. The fourth-order valence-electron chi connectivity index (χ4n) is 1.34. The zero-order chi connectivity index (χ0) is 12.1. The lowest BCUT2D eigenvalue weighted by Gasteiger charge is -2.09. The predicted molar refractivity (Wildman–Crippen MR) is 56.2 cm³/mol. The number of carbonyl (C=O) groups excluding carboxylic acids is 1. The second kappa shape index (κ2) is 5.55. The monoisotopic (exact) mass is 229 g/mol. The quantitative estimate of drug-likeness (QED) is 0.785. The van der Waals surface area contributed by atoms with Gasteiger partial charge in [0.15, 0.2) is 5.78 Å². The average molecular weight is 229 g/mol. The van der Waals surface area contributed by atoms with Crippen molar-refractivity contribution in [1.29, 1.82) is 0 Å². The summed E-state index contributed by atoms with van der Waals surface area (Å²) in [5.74, 6) is 0.0338. The molecule has 0 saturated heterocycles. The van der Waals surface area contributed by atoms with Crippen molar-refractivity contribution in [2.45, 2.75) is 6.43 Å². The van der Waals surface area contributed by atoms with E-state index in [1.165, 1.54) is 25.3 Å². The van der Waals surface area contributed by atoms with Gasteiger partial charge in [0.2, 0.25) is 0 Å². The molecule has 88 valence electrons. The molecular weight excluding hydrogens is 216 g/mol. The number of likely N-dealkylation sites (N-methyl/N-ethyl adjacent to an activating group) is 1. The summed E-state index contributed by atoms with van der Waals surface area (Å²) < 4.78 is 29.9. The number of methoxy groups -OCH3 is 1. The molecule has 0 aliphatic heterocycles. The van der Waals surface area contributed by atoms with Gasteiger partial charge in [0.1, 0.15) is 5.75 Å². The van der Waals surface area contributed by atoms with Gasteiger partial charge < -0.3 is 10.1 Å². The van der Waals surface area contributed by atoms with Crippen LogP contribution in [0, 0.1) is 0 Å². The number of hydrogen-bond acceptors (Lipinski definition) is 3. The minimum absolute atomic E-state index is 0.0864. The van der Waals surface area contributed by atoms with Crippen molar-refractivity contribution < 1.29 is 18.3 Å². The van der Waals surface area contributed by atoms with Crippen molar-refractivity contribution in [3.63, 3.8) is 0 Å². The van der Waals surface area contributed by atoms with Gasteiger partial charge in [0.25, 0.3) is 6.43 Å². The summed E-state index contributed by atoms with van der Waals surface area (Å²) in [6, 6.07) is 3.80. The molecule has 1 aromatic carbocycles. The maximum atomic E-state index is 12.5. The van der Waals surface area contributed by atoms with Gasteiger partial charge >= 0.3 is 0 Å². The highest BCUT2D eigenvalue weighted by Gasteiger charge is 2.15. The summed E-state index contributed by atoms with van der Waals surface area (Å²) in [7, 11) is 3.01. The third-order valence-electron chi connectivity index (χ3n) is 2.11. The van der Waals surface area contributed by atoms with Crippen LogP contribution in [0.3, 0.4) is 0 Å². The molecular formula is C11H13F2NO2. The molecule has 0 heterocycles. The summed E-state index contributed by atoms with van der Waals surface area (Å²) in [6.45, 7) is 0.0864. The van der Waals surface area contributed by atoms with E-state index in [2.05, 4.69) is 5.32 Å². The third kappa shape index (κ3) is 2.76. The maximum Gasteiger partial charge on any atom is 0.263 e. The first-order valence-electron chi connectivity index (χ1n) is 4.74. The molecule has 0 saturated carbocycles. The van der Waals surface area contributed by atoms with Gasteiger partial charge in [-0.05, 0) is 25.2 Å². The lowest BCUT2D eigenvalue weighted by atomic mass is 10.1. The molecule has 1 aromatic rings. The van der Waals surface area contributed by atoms with E-state index >= 15 is 0 Å². The molecule has 16 heavy (non-hydrogen) atoms. The SMILES string of the molecule is CNCC(=O)c1cc(C(F)F)ccc1OC. The van der Waals surface area contributed by atoms with Crippen molar-refractivity contribution in [3.05, 3.63) is 29.3 Å². The molecule has 0 radical (unpaired) electrons. The number of benzene rings is 1. The number of halogens is 2. The Balaban J connectivity index is 3.11. The molecule has 1 rings (SSSR count). The van der Waals surface area contributed by atoms with E-state index in [4.69, 9.17) is 4.74 Å². The topological polar surface area (TPSA) is 38.3 Å². The van der Waals surface area contributed by atoms with Crippen molar-refractivity contribution in [3.8, 4) is 5.75 Å². The summed E-state index contributed by atoms with van der Waals surface area (Å²) in [6.07, 6.45) is -2.59. The van der Waals surface area contributed by atoms with E-state index in [0.717, 1.165) is 0 Å². The molecule has 5 heteroatoms. The van der Waals surface area contributed by atoms with Crippen molar-refractivity contribution in [2.24, 2.45) is 0 Å². The number of ether oxygens (including phenoxy) is 1. The first-order chi connectivity index (χ1) is 7.60. The summed E-state index contributed by atoms with van der Waals surface area (Å²) in [5.41, 5.74) is -0.00472. The second-order valence-electron chi connectivity index (χ2n) is 3.21. The van der Waals surface area contributed by atoms with Gasteiger partial charge in [-0.15, -0.1) is 0 Å². The van der Waals surface area contributed by atoms with E-state index in [9.17, 15) is 13.6 Å². The van der Waals surface area contributed by atoms with Crippen LogP contribution in [0.1, 0.15) is 22.3 Å². The molecule has 0 unspecified atom stereocenters. The molecule has 0 amide bonds. The molecule has 0 fully saturated rings. The highest BCUT2D eigenvalue weighted by Crippen LogP contribution is 2.26. The minimum Gasteiger partial charge on any atom is -0.496 e. The van der Waals surface area contributed by atoms with Crippen molar-refractivity contribution in [2.75, 3.05) is 20.7 Å². The standard InChI is InChI=1S/C11H13F2NO2/c1-14-6-9(15)8-5-7(11(12)13)3-4-10(8)16-2/h3-5,11,14H,6H2,1-2H3. The largest absolute Gasteiger partial charge is 0.496 e. The lowest BCUT2D eigenvalue weighted by Crippen LogP contribution is -2.19. The highest BCUT2D eigenvalue weighted by atomic mass is 19.3. The highest BCUT2D eigenvalue weighted by molar-refractivity contribution is 6.00. The summed E-state index contributed by atoms with van der Waals surface area (Å²) in [5, 5.41) is 2.67. The van der Waals surface area contributed by atoms with Crippen LogP contribution in [0.25, 0.3) is 0 Å². The number of rotatable bonds is 5. The lowest BCUT2D eigenvalue weighted by molar-refractivity contribution is 0.0990. The van der Waals surface area contributed by atoms with Crippen LogP contribution in [0.5, 0.6) is 5.75 Å². The zero-order valence-electron chi connectivity index (χ0n) is 9.09. The normalized spacial score (nSPS) is 10.6. The van der Waals surface area contributed by atoms with Crippen molar-refractivity contribution >= 4 is 5.78 Å². The Morgan fingerprint density at radius 1 is 1.50 bits per heavy atom. The number of alkyl halides is 2. The predicted octanol–water partition coefficient (Wildman–Crippen LogP) is 2.03. The first-order valence-corrected chi connectivity index (χ1v) is 4.74. The number of hydrogen-bond donors (Lipinski definition) is 1. The maximum absolute atomic E-state index is 12.5. The molecule has 0 aliphatic rings. The third-order valence-corrected chi connectivity index (χ3v) is 2.11. The van der Waals surface area contributed by atoms with Crippen LogP contribution < -0.4 is 10.1 Å². The minimum atomic E-state index is -2.59. The van der Waals surface area contributed by atoms with E-state index < -0.39 is 6.43 Å². The van der Waals surface area contributed by atoms with Crippen LogP contribution in [0.2, 0.25) is 0 Å². The first kappa shape index (κ1) is 12.6. The van der Waals surface area contributed by atoms with Crippen LogP contribution in [0.15, 0.2) is 18.2 Å².